The molecule has 7 heteroatoms. The number of ether oxygens (including phenoxy) is 2. The first-order valence-corrected chi connectivity index (χ1v) is 7.84. The number of fused-ring (bicyclic) bond motifs is 1. The third-order valence-corrected chi connectivity index (χ3v) is 3.42. The van der Waals surface area contributed by atoms with E-state index in [1.165, 1.54) is 20.4 Å². The van der Waals surface area contributed by atoms with Gasteiger partial charge >= 0.3 is 0 Å². The number of pyridine rings is 1. The second-order valence-electron chi connectivity index (χ2n) is 6.04. The van der Waals surface area contributed by atoms with Crippen LogP contribution in [0.3, 0.4) is 0 Å². The summed E-state index contributed by atoms with van der Waals surface area (Å²) in [6.45, 7) is 3.53. The summed E-state index contributed by atoms with van der Waals surface area (Å²) in [6.07, 6.45) is 7.36. The van der Waals surface area contributed by atoms with Crippen molar-refractivity contribution in [3.63, 3.8) is 0 Å². The Balaban J connectivity index is 2.16. The molecule has 1 atom stereocenters. The highest BCUT2D eigenvalue weighted by atomic mass is 16.7. The lowest BCUT2D eigenvalue weighted by Gasteiger charge is -2.24. The molecule has 0 aliphatic heterocycles. The van der Waals surface area contributed by atoms with Crippen LogP contribution in [0, 0.1) is 12.3 Å². The molecule has 2 aromatic rings. The molecule has 0 aliphatic rings. The third-order valence-electron chi connectivity index (χ3n) is 3.42. The molecule has 26 heavy (non-hydrogen) atoms. The molecule has 0 saturated heterocycles. The summed E-state index contributed by atoms with van der Waals surface area (Å²) >= 11 is 0. The van der Waals surface area contributed by atoms with Gasteiger partial charge in [-0.2, -0.15) is 0 Å². The first-order valence-electron chi connectivity index (χ1n) is 7.84. The van der Waals surface area contributed by atoms with Crippen LogP contribution < -0.4 is 10.1 Å². The van der Waals surface area contributed by atoms with E-state index >= 15 is 0 Å². The summed E-state index contributed by atoms with van der Waals surface area (Å²) in [5.41, 5.74) is 0.698. The van der Waals surface area contributed by atoms with Crippen molar-refractivity contribution in [2.45, 2.75) is 25.7 Å². The maximum absolute atomic E-state index is 12.4. The Morgan fingerprint density at radius 3 is 2.81 bits per heavy atom. The summed E-state index contributed by atoms with van der Waals surface area (Å²) in [5.74, 6) is 2.55. The number of aromatic nitrogens is 1. The van der Waals surface area contributed by atoms with Crippen molar-refractivity contribution in [3.05, 3.63) is 36.0 Å². The highest BCUT2D eigenvalue weighted by Gasteiger charge is 2.26. The molecule has 1 aromatic carbocycles. The Labute approximate surface area is 152 Å². The standard InChI is InChI=1S/C19H21N3O4/c1-6-13-9-14-10-15(7-8-16(14)20-11-13)26-18(24-4)17(23)22-19(2,3)12-21-25-5/h1,7-12,18H,2-5H3,(H,22,23)/b21-12+. The molecule has 1 amide bonds. The molecule has 136 valence electrons. The molecule has 0 aliphatic carbocycles. The number of nitrogens with one attached hydrogen (secondary N) is 1. The van der Waals surface area contributed by atoms with Gasteiger partial charge in [0.15, 0.2) is 0 Å². The van der Waals surface area contributed by atoms with Crippen LogP contribution in [0.15, 0.2) is 35.6 Å². The highest BCUT2D eigenvalue weighted by molar-refractivity contribution is 5.85. The fraction of sp³-hybridized carbons (Fsp3) is 0.316. The van der Waals surface area contributed by atoms with Crippen molar-refractivity contribution in [1.29, 1.82) is 0 Å². The molecule has 0 radical (unpaired) electrons. The smallest absolute Gasteiger partial charge is 0.290 e. The van der Waals surface area contributed by atoms with Crippen molar-refractivity contribution in [1.82, 2.24) is 10.3 Å². The third kappa shape index (κ3) is 4.94. The summed E-state index contributed by atoms with van der Waals surface area (Å²) in [6, 6.07) is 7.06. The zero-order valence-corrected chi connectivity index (χ0v) is 15.1. The summed E-state index contributed by atoms with van der Waals surface area (Å²) in [7, 11) is 2.81. The zero-order chi connectivity index (χ0) is 19.2. The molecule has 1 heterocycles. The maximum atomic E-state index is 12.4. The van der Waals surface area contributed by atoms with Crippen LogP contribution in [0.25, 0.3) is 10.9 Å². The molecule has 1 unspecified atom stereocenters. The van der Waals surface area contributed by atoms with Crippen molar-refractivity contribution < 1.29 is 19.1 Å². The van der Waals surface area contributed by atoms with Gasteiger partial charge in [-0.15, -0.1) is 6.42 Å². The minimum absolute atomic E-state index is 0.448. The summed E-state index contributed by atoms with van der Waals surface area (Å²) < 4.78 is 10.8. The maximum Gasteiger partial charge on any atom is 0.290 e. The Morgan fingerprint density at radius 1 is 1.38 bits per heavy atom. The van der Waals surface area contributed by atoms with Crippen LogP contribution in [0.5, 0.6) is 5.75 Å². The lowest BCUT2D eigenvalue weighted by Crippen LogP contribution is -2.51. The Morgan fingerprint density at radius 2 is 2.15 bits per heavy atom. The van der Waals surface area contributed by atoms with E-state index in [1.807, 2.05) is 6.07 Å². The molecule has 1 aromatic heterocycles. The normalized spacial score (nSPS) is 12.6. The summed E-state index contributed by atoms with van der Waals surface area (Å²) in [4.78, 5) is 21.3. The van der Waals surface area contributed by atoms with Crippen LogP contribution in [0.4, 0.5) is 0 Å². The van der Waals surface area contributed by atoms with Crippen molar-refractivity contribution >= 4 is 23.0 Å². The topological polar surface area (TPSA) is 82.0 Å². The van der Waals surface area contributed by atoms with Gasteiger partial charge in [-0.25, -0.2) is 0 Å². The lowest BCUT2D eigenvalue weighted by atomic mass is 10.1. The monoisotopic (exact) mass is 355 g/mol. The van der Waals surface area contributed by atoms with Crippen molar-refractivity contribution in [2.75, 3.05) is 14.2 Å². The van der Waals surface area contributed by atoms with E-state index in [1.54, 1.807) is 38.2 Å². The van der Waals surface area contributed by atoms with Gasteiger partial charge in [0.25, 0.3) is 12.2 Å². The van der Waals surface area contributed by atoms with Gasteiger partial charge in [0.1, 0.15) is 12.9 Å². The Kier molecular flexibility index (Phi) is 6.15. The number of oxime groups is 1. The van der Waals surface area contributed by atoms with E-state index in [0.717, 1.165) is 10.9 Å². The van der Waals surface area contributed by atoms with Crippen LogP contribution >= 0.6 is 0 Å². The van der Waals surface area contributed by atoms with Gasteiger partial charge in [0.2, 0.25) is 0 Å². The fourth-order valence-corrected chi connectivity index (χ4v) is 2.19. The van der Waals surface area contributed by atoms with Gasteiger partial charge in [0.05, 0.1) is 17.3 Å². The second kappa shape index (κ2) is 8.32. The van der Waals surface area contributed by atoms with E-state index in [9.17, 15) is 4.79 Å². The quantitative estimate of drug-likeness (QED) is 0.356. The van der Waals surface area contributed by atoms with Crippen LogP contribution in [0.1, 0.15) is 19.4 Å². The number of nitrogens with zero attached hydrogens (tertiary/aromatic N) is 2. The number of amides is 1. The molecule has 7 nitrogen and oxygen atoms in total. The number of hydrogen-bond acceptors (Lipinski definition) is 6. The van der Waals surface area contributed by atoms with E-state index in [0.29, 0.717) is 11.3 Å². The fourth-order valence-electron chi connectivity index (χ4n) is 2.19. The molecule has 2 rings (SSSR count). The second-order valence-corrected chi connectivity index (χ2v) is 6.04. The Bertz CT molecular complexity index is 855. The Hall–Kier alpha value is -3.11. The van der Waals surface area contributed by atoms with Crippen molar-refractivity contribution in [3.8, 4) is 18.1 Å². The van der Waals surface area contributed by atoms with E-state index < -0.39 is 17.7 Å². The molecule has 0 fully saturated rings. The molecule has 0 spiro atoms. The first-order chi connectivity index (χ1) is 12.4. The van der Waals surface area contributed by atoms with Gasteiger partial charge in [-0.1, -0.05) is 11.1 Å². The first kappa shape index (κ1) is 19.2. The lowest BCUT2D eigenvalue weighted by molar-refractivity contribution is -0.149. The van der Waals surface area contributed by atoms with Gasteiger partial charge in [0, 0.05) is 24.3 Å². The van der Waals surface area contributed by atoms with Crippen LogP contribution in [-0.2, 0) is 14.4 Å². The predicted octanol–water partition coefficient (Wildman–Crippen LogP) is 2.09. The van der Waals surface area contributed by atoms with Gasteiger partial charge in [-0.3, -0.25) is 9.78 Å². The number of carbonyl (C=O) groups excluding carboxylic acids is 1. The molecule has 0 saturated carbocycles. The SMILES string of the molecule is C#Cc1cnc2ccc(OC(OC)C(=O)NC(C)(C)/C=N/OC)cc2c1. The van der Waals surface area contributed by atoms with Gasteiger partial charge < -0.3 is 19.6 Å². The zero-order valence-electron chi connectivity index (χ0n) is 15.1. The number of methoxy groups -OCH3 is 1. The largest absolute Gasteiger partial charge is 0.455 e. The van der Waals surface area contributed by atoms with Crippen LogP contribution in [-0.4, -0.2) is 43.2 Å². The number of hydrogen-bond donors (Lipinski definition) is 1. The molecule has 0 bridgehead atoms. The average molecular weight is 355 g/mol. The predicted molar refractivity (Wildman–Crippen MR) is 98.8 cm³/mol. The molecular weight excluding hydrogens is 334 g/mol. The number of carbonyl (C=O) groups is 1. The number of benzene rings is 1. The molecule has 1 N–H and O–H groups in total. The van der Waals surface area contributed by atoms with E-state index in [-0.39, 0.29) is 0 Å². The minimum Gasteiger partial charge on any atom is -0.455 e. The van der Waals surface area contributed by atoms with E-state index in [2.05, 4.69) is 26.2 Å². The van der Waals surface area contributed by atoms with Crippen LogP contribution in [0.2, 0.25) is 0 Å². The number of terminal acetylenes is 1. The average Bonchev–Trinajstić information content (AvgIpc) is 2.63. The number of rotatable bonds is 7. The molecular formula is C19H21N3O4. The van der Waals surface area contributed by atoms with E-state index in [4.69, 9.17) is 15.9 Å². The highest BCUT2D eigenvalue weighted by Crippen LogP contribution is 2.21. The minimum atomic E-state index is -1.13. The summed E-state index contributed by atoms with van der Waals surface area (Å²) in [5, 5.41) is 7.24. The van der Waals surface area contributed by atoms with Crippen molar-refractivity contribution in [2.24, 2.45) is 5.16 Å². The van der Waals surface area contributed by atoms with Gasteiger partial charge in [-0.05, 0) is 38.1 Å².